The highest BCUT2D eigenvalue weighted by Crippen LogP contribution is 2.33. The Kier molecular flexibility index (Phi) is 6.09. The van der Waals surface area contributed by atoms with E-state index < -0.39 is 6.04 Å². The lowest BCUT2D eigenvalue weighted by Gasteiger charge is -2.25. The van der Waals surface area contributed by atoms with Gasteiger partial charge in [-0.3, -0.25) is 9.59 Å². The standard InChI is InChI=1S/C20H30N2O3/c1-13(23)21-18(14-8-6-7-9-14)19(24)22-16-12-15(20(2,3)4)10-11-17(16)25-5/h10-12,14,18H,6-9H2,1-5H3,(H,21,23)(H,22,24)/t18-/m1/s1. The van der Waals surface area contributed by atoms with Gasteiger partial charge in [-0.15, -0.1) is 0 Å². The Morgan fingerprint density at radius 3 is 2.36 bits per heavy atom. The Bertz CT molecular complexity index is 628. The molecule has 0 bridgehead atoms. The third-order valence-electron chi connectivity index (χ3n) is 4.84. The maximum atomic E-state index is 12.9. The molecule has 1 aromatic rings. The molecule has 0 aliphatic heterocycles. The van der Waals surface area contributed by atoms with E-state index in [9.17, 15) is 9.59 Å². The molecule has 1 atom stereocenters. The average Bonchev–Trinajstić information content (AvgIpc) is 3.05. The van der Waals surface area contributed by atoms with Crippen molar-refractivity contribution in [2.75, 3.05) is 12.4 Å². The van der Waals surface area contributed by atoms with Crippen molar-refractivity contribution in [1.82, 2.24) is 5.32 Å². The van der Waals surface area contributed by atoms with Gasteiger partial charge in [-0.05, 0) is 41.9 Å². The Morgan fingerprint density at radius 1 is 1.20 bits per heavy atom. The predicted octanol–water partition coefficient (Wildman–Crippen LogP) is 3.63. The van der Waals surface area contributed by atoms with Gasteiger partial charge < -0.3 is 15.4 Å². The first-order valence-corrected chi connectivity index (χ1v) is 8.99. The van der Waals surface area contributed by atoms with E-state index in [2.05, 4.69) is 31.4 Å². The molecule has 1 aliphatic carbocycles. The molecule has 2 rings (SSSR count). The van der Waals surface area contributed by atoms with Crippen LogP contribution >= 0.6 is 0 Å². The van der Waals surface area contributed by atoms with Crippen molar-refractivity contribution in [2.24, 2.45) is 5.92 Å². The number of anilines is 1. The van der Waals surface area contributed by atoms with Gasteiger partial charge in [0.15, 0.2) is 0 Å². The minimum absolute atomic E-state index is 0.0335. The summed E-state index contributed by atoms with van der Waals surface area (Å²) in [5.74, 6) is 0.462. The van der Waals surface area contributed by atoms with E-state index in [1.54, 1.807) is 7.11 Å². The van der Waals surface area contributed by atoms with E-state index in [-0.39, 0.29) is 23.1 Å². The first kappa shape index (κ1) is 19.3. The zero-order valence-electron chi connectivity index (χ0n) is 15.9. The van der Waals surface area contributed by atoms with E-state index in [1.807, 2.05) is 18.2 Å². The fourth-order valence-electron chi connectivity index (χ4n) is 3.39. The van der Waals surface area contributed by atoms with Gasteiger partial charge in [0.05, 0.1) is 12.8 Å². The highest BCUT2D eigenvalue weighted by atomic mass is 16.5. The number of amides is 2. The molecule has 0 saturated heterocycles. The van der Waals surface area contributed by atoms with Crippen LogP contribution in [0.1, 0.15) is 58.9 Å². The summed E-state index contributed by atoms with van der Waals surface area (Å²) in [6.45, 7) is 7.83. The number of ether oxygens (including phenoxy) is 1. The lowest BCUT2D eigenvalue weighted by atomic mass is 9.86. The number of carbonyl (C=O) groups excluding carboxylic acids is 2. The van der Waals surface area contributed by atoms with Crippen LogP contribution in [0, 0.1) is 5.92 Å². The molecule has 0 unspecified atom stereocenters. The molecule has 1 aromatic carbocycles. The maximum absolute atomic E-state index is 12.9. The number of hydrogen-bond acceptors (Lipinski definition) is 3. The highest BCUT2D eigenvalue weighted by Gasteiger charge is 2.32. The maximum Gasteiger partial charge on any atom is 0.247 e. The van der Waals surface area contributed by atoms with Gasteiger partial charge in [-0.25, -0.2) is 0 Å². The molecular weight excluding hydrogens is 316 g/mol. The third kappa shape index (κ3) is 4.97. The van der Waals surface area contributed by atoms with Crippen LogP contribution < -0.4 is 15.4 Å². The van der Waals surface area contributed by atoms with Crippen LogP contribution in [0.4, 0.5) is 5.69 Å². The van der Waals surface area contributed by atoms with Crippen LogP contribution in [0.3, 0.4) is 0 Å². The van der Waals surface area contributed by atoms with Crippen molar-refractivity contribution in [3.63, 3.8) is 0 Å². The number of methoxy groups -OCH3 is 1. The van der Waals surface area contributed by atoms with Crippen molar-refractivity contribution >= 4 is 17.5 Å². The van der Waals surface area contributed by atoms with Gasteiger partial charge in [-0.2, -0.15) is 0 Å². The molecule has 0 aromatic heterocycles. The van der Waals surface area contributed by atoms with Crippen molar-refractivity contribution in [1.29, 1.82) is 0 Å². The van der Waals surface area contributed by atoms with Crippen molar-refractivity contribution in [3.05, 3.63) is 23.8 Å². The molecule has 1 fully saturated rings. The summed E-state index contributed by atoms with van der Waals surface area (Å²) >= 11 is 0. The van der Waals surface area contributed by atoms with Crippen molar-refractivity contribution in [2.45, 2.75) is 64.8 Å². The SMILES string of the molecule is COc1ccc(C(C)(C)C)cc1NC(=O)[C@H](NC(C)=O)C1CCCC1. The fourth-order valence-corrected chi connectivity index (χ4v) is 3.39. The van der Waals surface area contributed by atoms with Gasteiger partial charge in [0.1, 0.15) is 11.8 Å². The second-order valence-corrected chi connectivity index (χ2v) is 7.88. The van der Waals surface area contributed by atoms with E-state index in [0.29, 0.717) is 11.4 Å². The van der Waals surface area contributed by atoms with E-state index in [4.69, 9.17) is 4.74 Å². The molecule has 2 N–H and O–H groups in total. The summed E-state index contributed by atoms with van der Waals surface area (Å²) in [4.78, 5) is 24.4. The normalized spacial score (nSPS) is 16.4. The quantitative estimate of drug-likeness (QED) is 0.855. The summed E-state index contributed by atoms with van der Waals surface area (Å²) in [6, 6.07) is 5.34. The number of hydrogen-bond donors (Lipinski definition) is 2. The molecule has 0 heterocycles. The lowest BCUT2D eigenvalue weighted by molar-refractivity contribution is -0.126. The van der Waals surface area contributed by atoms with Crippen LogP contribution in [0.2, 0.25) is 0 Å². The van der Waals surface area contributed by atoms with Gasteiger partial charge in [0.2, 0.25) is 11.8 Å². The number of nitrogens with one attached hydrogen (secondary N) is 2. The number of benzene rings is 1. The third-order valence-corrected chi connectivity index (χ3v) is 4.84. The molecule has 5 heteroatoms. The van der Waals surface area contributed by atoms with Crippen LogP contribution in [0.15, 0.2) is 18.2 Å². The molecule has 1 saturated carbocycles. The predicted molar refractivity (Wildman–Crippen MR) is 99.9 cm³/mol. The first-order chi connectivity index (χ1) is 11.7. The van der Waals surface area contributed by atoms with Gasteiger partial charge in [-0.1, -0.05) is 39.7 Å². The Morgan fingerprint density at radius 2 is 1.84 bits per heavy atom. The van der Waals surface area contributed by atoms with Gasteiger partial charge in [0.25, 0.3) is 0 Å². The summed E-state index contributed by atoms with van der Waals surface area (Å²) in [5.41, 5.74) is 1.72. The fraction of sp³-hybridized carbons (Fsp3) is 0.600. The average molecular weight is 346 g/mol. The van der Waals surface area contributed by atoms with E-state index in [0.717, 1.165) is 31.2 Å². The largest absolute Gasteiger partial charge is 0.495 e. The second-order valence-electron chi connectivity index (χ2n) is 7.88. The van der Waals surface area contributed by atoms with Gasteiger partial charge >= 0.3 is 0 Å². The summed E-state index contributed by atoms with van der Waals surface area (Å²) in [7, 11) is 1.59. The van der Waals surface area contributed by atoms with Gasteiger partial charge in [0, 0.05) is 6.92 Å². The minimum atomic E-state index is -0.497. The topological polar surface area (TPSA) is 67.4 Å². The zero-order chi connectivity index (χ0) is 18.6. The first-order valence-electron chi connectivity index (χ1n) is 8.99. The summed E-state index contributed by atoms with van der Waals surface area (Å²) in [6.07, 6.45) is 4.16. The molecule has 0 radical (unpaired) electrons. The second kappa shape index (κ2) is 7.89. The van der Waals surface area contributed by atoms with E-state index >= 15 is 0 Å². The Labute approximate surface area is 150 Å². The van der Waals surface area contributed by atoms with Crippen molar-refractivity contribution < 1.29 is 14.3 Å². The molecule has 1 aliphatic rings. The molecule has 2 amide bonds. The molecule has 25 heavy (non-hydrogen) atoms. The number of carbonyl (C=O) groups is 2. The molecular formula is C20H30N2O3. The molecule has 0 spiro atoms. The van der Waals surface area contributed by atoms with Crippen molar-refractivity contribution in [3.8, 4) is 5.75 Å². The van der Waals surface area contributed by atoms with E-state index in [1.165, 1.54) is 6.92 Å². The van der Waals surface area contributed by atoms with Crippen LogP contribution in [-0.4, -0.2) is 25.0 Å². The minimum Gasteiger partial charge on any atom is -0.495 e. The van der Waals surface area contributed by atoms with Crippen LogP contribution in [0.5, 0.6) is 5.75 Å². The number of rotatable bonds is 5. The van der Waals surface area contributed by atoms with Crippen LogP contribution in [-0.2, 0) is 15.0 Å². The summed E-state index contributed by atoms with van der Waals surface area (Å²) in [5, 5.41) is 5.81. The molecule has 138 valence electrons. The Balaban J connectivity index is 2.25. The van der Waals surface area contributed by atoms with Crippen LogP contribution in [0.25, 0.3) is 0 Å². The Hall–Kier alpha value is -2.04. The zero-order valence-corrected chi connectivity index (χ0v) is 15.9. The summed E-state index contributed by atoms with van der Waals surface area (Å²) < 4.78 is 5.40. The smallest absolute Gasteiger partial charge is 0.247 e. The monoisotopic (exact) mass is 346 g/mol. The molecule has 5 nitrogen and oxygen atoms in total. The lowest BCUT2D eigenvalue weighted by Crippen LogP contribution is -2.47. The highest BCUT2D eigenvalue weighted by molar-refractivity contribution is 5.98.